The van der Waals surface area contributed by atoms with Crippen molar-refractivity contribution in [3.8, 4) is 11.5 Å². The van der Waals surface area contributed by atoms with Gasteiger partial charge in [-0.05, 0) is 42.1 Å². The average molecular weight is 348 g/mol. The maximum Gasteiger partial charge on any atom is 0.261 e. The van der Waals surface area contributed by atoms with E-state index in [0.29, 0.717) is 30.1 Å². The zero-order valence-corrected chi connectivity index (χ0v) is 14.2. The second-order valence-corrected chi connectivity index (χ2v) is 5.85. The van der Waals surface area contributed by atoms with Crippen LogP contribution in [0.3, 0.4) is 0 Å². The van der Waals surface area contributed by atoms with Gasteiger partial charge in [0.05, 0.1) is 12.0 Å². The first-order valence-electron chi connectivity index (χ1n) is 7.54. The number of amides is 2. The molecule has 2 aromatic rings. The van der Waals surface area contributed by atoms with Gasteiger partial charge >= 0.3 is 0 Å². The Morgan fingerprint density at radius 3 is 2.42 bits per heavy atom. The van der Waals surface area contributed by atoms with Crippen LogP contribution in [0.25, 0.3) is 0 Å². The van der Waals surface area contributed by atoms with Gasteiger partial charge in [0, 0.05) is 13.1 Å². The molecular formula is C17H20N2O4S. The number of ether oxygens (including phenoxy) is 2. The van der Waals surface area contributed by atoms with E-state index in [1.165, 1.54) is 11.3 Å². The molecule has 0 radical (unpaired) electrons. The second-order valence-electron chi connectivity index (χ2n) is 4.90. The maximum absolute atomic E-state index is 11.7. The molecule has 0 atom stereocenters. The Kier molecular flexibility index (Phi) is 7.10. The molecular weight excluding hydrogens is 328 g/mol. The first-order valence-corrected chi connectivity index (χ1v) is 8.42. The van der Waals surface area contributed by atoms with E-state index >= 15 is 0 Å². The van der Waals surface area contributed by atoms with Crippen molar-refractivity contribution in [2.24, 2.45) is 0 Å². The Hall–Kier alpha value is -2.54. The van der Waals surface area contributed by atoms with Gasteiger partial charge in [-0.2, -0.15) is 0 Å². The Morgan fingerprint density at radius 2 is 1.75 bits per heavy atom. The van der Waals surface area contributed by atoms with Gasteiger partial charge in [-0.25, -0.2) is 0 Å². The molecule has 0 saturated carbocycles. The Bertz CT molecular complexity index is 641. The largest absolute Gasteiger partial charge is 0.497 e. The van der Waals surface area contributed by atoms with Crippen LogP contribution < -0.4 is 20.1 Å². The molecule has 0 bridgehead atoms. The fourth-order valence-corrected chi connectivity index (χ4v) is 2.52. The fourth-order valence-electron chi connectivity index (χ4n) is 1.88. The molecule has 7 heteroatoms. The summed E-state index contributed by atoms with van der Waals surface area (Å²) in [5.41, 5.74) is 0. The molecule has 24 heavy (non-hydrogen) atoms. The highest BCUT2D eigenvalue weighted by Gasteiger charge is 2.05. The molecule has 128 valence electrons. The van der Waals surface area contributed by atoms with Crippen LogP contribution in [-0.4, -0.2) is 38.6 Å². The van der Waals surface area contributed by atoms with E-state index < -0.39 is 0 Å². The SMILES string of the molecule is COc1ccc(OCC(=O)NCCCNC(=O)c2cccs2)cc1. The normalized spacial score (nSPS) is 10.0. The summed E-state index contributed by atoms with van der Waals surface area (Å²) in [6, 6.07) is 10.6. The third kappa shape index (κ3) is 5.92. The average Bonchev–Trinajstić information content (AvgIpc) is 3.14. The van der Waals surface area contributed by atoms with Crippen molar-refractivity contribution in [3.63, 3.8) is 0 Å². The topological polar surface area (TPSA) is 76.7 Å². The summed E-state index contributed by atoms with van der Waals surface area (Å²) in [6.45, 7) is 0.944. The predicted octanol–water partition coefficient (Wildman–Crippen LogP) is 2.07. The van der Waals surface area contributed by atoms with Crippen LogP contribution in [0.2, 0.25) is 0 Å². The van der Waals surface area contributed by atoms with Crippen LogP contribution in [0.4, 0.5) is 0 Å². The van der Waals surface area contributed by atoms with E-state index in [0.717, 1.165) is 5.75 Å². The summed E-state index contributed by atoms with van der Waals surface area (Å²) in [4.78, 5) is 24.1. The summed E-state index contributed by atoms with van der Waals surface area (Å²) in [5, 5.41) is 7.41. The van der Waals surface area contributed by atoms with Crippen LogP contribution >= 0.6 is 11.3 Å². The maximum atomic E-state index is 11.7. The van der Waals surface area contributed by atoms with Crippen molar-refractivity contribution >= 4 is 23.2 Å². The number of carbonyl (C=O) groups is 2. The van der Waals surface area contributed by atoms with E-state index in [-0.39, 0.29) is 18.4 Å². The van der Waals surface area contributed by atoms with Crippen LogP contribution in [-0.2, 0) is 4.79 Å². The molecule has 0 aliphatic rings. The molecule has 0 saturated heterocycles. The fraction of sp³-hybridized carbons (Fsp3) is 0.294. The van der Waals surface area contributed by atoms with E-state index in [4.69, 9.17) is 9.47 Å². The number of rotatable bonds is 9. The number of hydrogen-bond acceptors (Lipinski definition) is 5. The summed E-state index contributed by atoms with van der Waals surface area (Å²) >= 11 is 1.40. The summed E-state index contributed by atoms with van der Waals surface area (Å²) in [5.74, 6) is 1.06. The minimum atomic E-state index is -0.199. The van der Waals surface area contributed by atoms with E-state index in [1.807, 2.05) is 11.4 Å². The molecule has 0 fully saturated rings. The van der Waals surface area contributed by atoms with E-state index in [9.17, 15) is 9.59 Å². The van der Waals surface area contributed by atoms with Crippen LogP contribution in [0.15, 0.2) is 41.8 Å². The van der Waals surface area contributed by atoms with Crippen molar-refractivity contribution in [2.75, 3.05) is 26.8 Å². The molecule has 1 heterocycles. The van der Waals surface area contributed by atoms with E-state index in [2.05, 4.69) is 10.6 Å². The lowest BCUT2D eigenvalue weighted by Gasteiger charge is -2.08. The molecule has 1 aromatic carbocycles. The van der Waals surface area contributed by atoms with Crippen LogP contribution in [0.5, 0.6) is 11.5 Å². The van der Waals surface area contributed by atoms with Gasteiger partial charge in [0.2, 0.25) is 0 Å². The quantitative estimate of drug-likeness (QED) is 0.680. The van der Waals surface area contributed by atoms with E-state index in [1.54, 1.807) is 37.4 Å². The van der Waals surface area contributed by atoms with Gasteiger partial charge in [0.1, 0.15) is 11.5 Å². The van der Waals surface area contributed by atoms with Crippen molar-refractivity contribution in [1.29, 1.82) is 0 Å². The molecule has 0 unspecified atom stereocenters. The summed E-state index contributed by atoms with van der Waals surface area (Å²) in [7, 11) is 1.59. The highest BCUT2D eigenvalue weighted by atomic mass is 32.1. The summed E-state index contributed by atoms with van der Waals surface area (Å²) < 4.78 is 10.4. The van der Waals surface area contributed by atoms with Gasteiger partial charge in [-0.3, -0.25) is 9.59 Å². The van der Waals surface area contributed by atoms with Crippen molar-refractivity contribution < 1.29 is 19.1 Å². The molecule has 2 amide bonds. The first-order chi connectivity index (χ1) is 11.7. The zero-order chi connectivity index (χ0) is 17.2. The van der Waals surface area contributed by atoms with Crippen molar-refractivity contribution in [2.45, 2.75) is 6.42 Å². The number of carbonyl (C=O) groups excluding carboxylic acids is 2. The van der Waals surface area contributed by atoms with Gasteiger partial charge < -0.3 is 20.1 Å². The minimum absolute atomic E-state index is 0.0477. The first kappa shape index (κ1) is 17.8. The Morgan fingerprint density at radius 1 is 1.04 bits per heavy atom. The third-order valence-electron chi connectivity index (χ3n) is 3.14. The minimum Gasteiger partial charge on any atom is -0.497 e. The zero-order valence-electron chi connectivity index (χ0n) is 13.4. The highest BCUT2D eigenvalue weighted by Crippen LogP contribution is 2.16. The van der Waals surface area contributed by atoms with Crippen LogP contribution in [0, 0.1) is 0 Å². The number of nitrogens with one attached hydrogen (secondary N) is 2. The van der Waals surface area contributed by atoms with Crippen molar-refractivity contribution in [1.82, 2.24) is 10.6 Å². The highest BCUT2D eigenvalue weighted by molar-refractivity contribution is 7.12. The Labute approximate surface area is 144 Å². The Balaban J connectivity index is 1.55. The van der Waals surface area contributed by atoms with Gasteiger partial charge in [-0.15, -0.1) is 11.3 Å². The lowest BCUT2D eigenvalue weighted by molar-refractivity contribution is -0.123. The van der Waals surface area contributed by atoms with Crippen molar-refractivity contribution in [3.05, 3.63) is 46.7 Å². The third-order valence-corrected chi connectivity index (χ3v) is 4.00. The molecule has 2 N–H and O–H groups in total. The predicted molar refractivity (Wildman–Crippen MR) is 92.8 cm³/mol. The molecule has 0 aliphatic heterocycles. The van der Waals surface area contributed by atoms with Gasteiger partial charge in [-0.1, -0.05) is 6.07 Å². The molecule has 6 nitrogen and oxygen atoms in total. The monoisotopic (exact) mass is 348 g/mol. The van der Waals surface area contributed by atoms with Gasteiger partial charge in [0.15, 0.2) is 6.61 Å². The number of benzene rings is 1. The molecule has 0 spiro atoms. The lowest BCUT2D eigenvalue weighted by atomic mass is 10.3. The lowest BCUT2D eigenvalue weighted by Crippen LogP contribution is -2.32. The van der Waals surface area contributed by atoms with Crippen LogP contribution in [0.1, 0.15) is 16.1 Å². The number of hydrogen-bond donors (Lipinski definition) is 2. The molecule has 0 aliphatic carbocycles. The standard InChI is InChI=1S/C17H20N2O4S/c1-22-13-5-7-14(8-6-13)23-12-16(20)18-9-3-10-19-17(21)15-4-2-11-24-15/h2,4-8,11H,3,9-10,12H2,1H3,(H,18,20)(H,19,21). The summed E-state index contributed by atoms with van der Waals surface area (Å²) in [6.07, 6.45) is 0.658. The van der Waals surface area contributed by atoms with Gasteiger partial charge in [0.25, 0.3) is 11.8 Å². The number of methoxy groups -OCH3 is 1. The number of thiophene rings is 1. The smallest absolute Gasteiger partial charge is 0.261 e. The second kappa shape index (κ2) is 9.57. The molecule has 2 rings (SSSR count). The molecule has 1 aromatic heterocycles.